The second kappa shape index (κ2) is 4.14. The van der Waals surface area contributed by atoms with Gasteiger partial charge in [0.2, 0.25) is 0 Å². The monoisotopic (exact) mass is 265 g/mol. The first-order chi connectivity index (χ1) is 7.20. The van der Waals surface area contributed by atoms with E-state index < -0.39 is 0 Å². The summed E-state index contributed by atoms with van der Waals surface area (Å²) < 4.78 is 0.889. The Hall–Kier alpha value is -1.16. The molecule has 0 spiro atoms. The molecule has 0 saturated heterocycles. The van der Waals surface area contributed by atoms with Crippen molar-refractivity contribution in [2.75, 3.05) is 0 Å². The molecule has 4 heteroatoms. The Morgan fingerprint density at radius 1 is 1.40 bits per heavy atom. The third-order valence-corrected chi connectivity index (χ3v) is 2.92. The Bertz CT molecular complexity index is 459. The van der Waals surface area contributed by atoms with Crippen LogP contribution in [-0.2, 0) is 6.42 Å². The number of pyridine rings is 1. The molecule has 0 aliphatic rings. The molecule has 15 heavy (non-hydrogen) atoms. The summed E-state index contributed by atoms with van der Waals surface area (Å²) in [6, 6.07) is 4.00. The van der Waals surface area contributed by atoms with Crippen LogP contribution in [0.1, 0.15) is 18.3 Å². The largest absolute Gasteiger partial charge is 0.341 e. The quantitative estimate of drug-likeness (QED) is 0.907. The lowest BCUT2D eigenvalue weighted by Crippen LogP contribution is -1.85. The molecule has 1 N–H and O–H groups in total. The Morgan fingerprint density at radius 3 is 2.73 bits per heavy atom. The Morgan fingerprint density at radius 2 is 2.20 bits per heavy atom. The van der Waals surface area contributed by atoms with Crippen LogP contribution in [0.5, 0.6) is 0 Å². The minimum atomic E-state index is 0.867. The second-order valence-electron chi connectivity index (χ2n) is 3.40. The summed E-state index contributed by atoms with van der Waals surface area (Å²) in [5.74, 6) is 0.867. The number of rotatable bonds is 2. The average Bonchev–Trinajstić information content (AvgIpc) is 2.61. The SMILES string of the molecule is CCc1[nH]c(-c2ccc(C)nc2)nc1Br. The third kappa shape index (κ3) is 2.09. The summed E-state index contributed by atoms with van der Waals surface area (Å²) in [5, 5.41) is 0. The number of nitrogens with one attached hydrogen (secondary N) is 1. The van der Waals surface area contributed by atoms with Crippen molar-refractivity contribution in [2.24, 2.45) is 0 Å². The van der Waals surface area contributed by atoms with E-state index in [9.17, 15) is 0 Å². The fourth-order valence-corrected chi connectivity index (χ4v) is 1.92. The molecule has 2 aromatic rings. The van der Waals surface area contributed by atoms with Crippen molar-refractivity contribution in [3.63, 3.8) is 0 Å². The Labute approximate surface area is 97.1 Å². The molecule has 0 aliphatic heterocycles. The highest BCUT2D eigenvalue weighted by Crippen LogP contribution is 2.21. The number of aromatic amines is 1. The van der Waals surface area contributed by atoms with Crippen LogP contribution in [0.2, 0.25) is 0 Å². The number of halogens is 1. The zero-order chi connectivity index (χ0) is 10.8. The molecular weight excluding hydrogens is 254 g/mol. The van der Waals surface area contributed by atoms with Gasteiger partial charge in [0.25, 0.3) is 0 Å². The average molecular weight is 266 g/mol. The van der Waals surface area contributed by atoms with Crippen molar-refractivity contribution >= 4 is 15.9 Å². The van der Waals surface area contributed by atoms with Crippen molar-refractivity contribution in [3.05, 3.63) is 34.3 Å². The molecule has 0 aromatic carbocycles. The van der Waals surface area contributed by atoms with Crippen molar-refractivity contribution in [3.8, 4) is 11.4 Å². The first-order valence-corrected chi connectivity index (χ1v) is 5.67. The van der Waals surface area contributed by atoms with Crippen molar-refractivity contribution < 1.29 is 0 Å². The molecular formula is C11H12BrN3. The summed E-state index contributed by atoms with van der Waals surface area (Å²) in [7, 11) is 0. The fourth-order valence-electron chi connectivity index (χ4n) is 1.37. The van der Waals surface area contributed by atoms with E-state index in [-0.39, 0.29) is 0 Å². The lowest BCUT2D eigenvalue weighted by atomic mass is 10.2. The molecule has 0 amide bonds. The van der Waals surface area contributed by atoms with Gasteiger partial charge in [-0.2, -0.15) is 0 Å². The van der Waals surface area contributed by atoms with Gasteiger partial charge in [-0.3, -0.25) is 4.98 Å². The van der Waals surface area contributed by atoms with E-state index in [1.165, 1.54) is 0 Å². The molecule has 2 aromatic heterocycles. The smallest absolute Gasteiger partial charge is 0.140 e. The van der Waals surface area contributed by atoms with Crippen LogP contribution in [0, 0.1) is 6.92 Å². The highest BCUT2D eigenvalue weighted by Gasteiger charge is 2.07. The molecule has 2 heterocycles. The summed E-state index contributed by atoms with van der Waals surface area (Å²) >= 11 is 3.43. The van der Waals surface area contributed by atoms with Crippen LogP contribution in [0.3, 0.4) is 0 Å². The normalized spacial score (nSPS) is 10.6. The van der Waals surface area contributed by atoms with E-state index in [0.29, 0.717) is 0 Å². The molecule has 0 aliphatic carbocycles. The fraction of sp³-hybridized carbons (Fsp3) is 0.273. The molecule has 0 unspecified atom stereocenters. The first kappa shape index (κ1) is 10.4. The summed E-state index contributed by atoms with van der Waals surface area (Å²) in [4.78, 5) is 11.9. The first-order valence-electron chi connectivity index (χ1n) is 4.88. The van der Waals surface area contributed by atoms with Crippen molar-refractivity contribution in [1.82, 2.24) is 15.0 Å². The minimum Gasteiger partial charge on any atom is -0.341 e. The minimum absolute atomic E-state index is 0.867. The van der Waals surface area contributed by atoms with Gasteiger partial charge in [0, 0.05) is 23.1 Å². The van der Waals surface area contributed by atoms with E-state index >= 15 is 0 Å². The molecule has 78 valence electrons. The van der Waals surface area contributed by atoms with E-state index in [4.69, 9.17) is 0 Å². The highest BCUT2D eigenvalue weighted by molar-refractivity contribution is 9.10. The second-order valence-corrected chi connectivity index (χ2v) is 4.15. The van der Waals surface area contributed by atoms with Gasteiger partial charge in [-0.15, -0.1) is 0 Å². The van der Waals surface area contributed by atoms with Crippen LogP contribution in [0.4, 0.5) is 0 Å². The molecule has 2 rings (SSSR count). The maximum absolute atomic E-state index is 4.40. The van der Waals surface area contributed by atoms with Crippen LogP contribution in [-0.4, -0.2) is 15.0 Å². The van der Waals surface area contributed by atoms with E-state index in [2.05, 4.69) is 37.8 Å². The molecule has 0 fully saturated rings. The Kier molecular flexibility index (Phi) is 2.86. The van der Waals surface area contributed by atoms with Crippen LogP contribution >= 0.6 is 15.9 Å². The van der Waals surface area contributed by atoms with Gasteiger partial charge in [0.05, 0.1) is 0 Å². The standard InChI is InChI=1S/C11H12BrN3/c1-3-9-10(12)15-11(14-9)8-5-4-7(2)13-6-8/h4-6H,3H2,1-2H3,(H,14,15). The summed E-state index contributed by atoms with van der Waals surface area (Å²) in [5.41, 5.74) is 3.15. The predicted octanol–water partition coefficient (Wildman–Crippen LogP) is 3.11. The van der Waals surface area contributed by atoms with E-state index in [0.717, 1.165) is 33.8 Å². The van der Waals surface area contributed by atoms with E-state index in [1.807, 2.05) is 25.3 Å². The lowest BCUT2D eigenvalue weighted by Gasteiger charge is -1.96. The Balaban J connectivity index is 2.41. The number of hydrogen-bond acceptors (Lipinski definition) is 2. The predicted molar refractivity (Wildman–Crippen MR) is 63.6 cm³/mol. The maximum Gasteiger partial charge on any atom is 0.140 e. The number of aryl methyl sites for hydroxylation is 2. The lowest BCUT2D eigenvalue weighted by molar-refractivity contribution is 1.05. The molecule has 0 radical (unpaired) electrons. The van der Waals surface area contributed by atoms with Gasteiger partial charge in [0.15, 0.2) is 0 Å². The highest BCUT2D eigenvalue weighted by atomic mass is 79.9. The number of hydrogen-bond donors (Lipinski definition) is 1. The van der Waals surface area contributed by atoms with E-state index in [1.54, 1.807) is 0 Å². The van der Waals surface area contributed by atoms with Gasteiger partial charge >= 0.3 is 0 Å². The number of imidazole rings is 1. The maximum atomic E-state index is 4.40. The van der Waals surface area contributed by atoms with Crippen LogP contribution in [0.15, 0.2) is 22.9 Å². The molecule has 3 nitrogen and oxygen atoms in total. The van der Waals surface area contributed by atoms with Crippen molar-refractivity contribution in [2.45, 2.75) is 20.3 Å². The number of nitrogens with zero attached hydrogens (tertiary/aromatic N) is 2. The van der Waals surface area contributed by atoms with Gasteiger partial charge in [-0.25, -0.2) is 4.98 Å². The zero-order valence-corrected chi connectivity index (χ0v) is 10.3. The van der Waals surface area contributed by atoms with Gasteiger partial charge in [0.1, 0.15) is 10.4 Å². The number of aromatic nitrogens is 3. The molecule has 0 atom stereocenters. The topological polar surface area (TPSA) is 41.6 Å². The summed E-state index contributed by atoms with van der Waals surface area (Å²) in [6.45, 7) is 4.06. The molecule has 0 saturated carbocycles. The van der Waals surface area contributed by atoms with Gasteiger partial charge in [-0.05, 0) is 41.4 Å². The number of H-pyrrole nitrogens is 1. The van der Waals surface area contributed by atoms with Crippen LogP contribution in [0.25, 0.3) is 11.4 Å². The summed E-state index contributed by atoms with van der Waals surface area (Å²) in [6.07, 6.45) is 2.77. The van der Waals surface area contributed by atoms with Crippen LogP contribution < -0.4 is 0 Å². The van der Waals surface area contributed by atoms with Crippen molar-refractivity contribution in [1.29, 1.82) is 0 Å². The molecule has 0 bridgehead atoms. The van der Waals surface area contributed by atoms with Gasteiger partial charge in [-0.1, -0.05) is 6.92 Å². The zero-order valence-electron chi connectivity index (χ0n) is 8.71. The third-order valence-electron chi connectivity index (χ3n) is 2.27. The van der Waals surface area contributed by atoms with Gasteiger partial charge < -0.3 is 4.98 Å².